The molecule has 5 heteroatoms. The third-order valence-corrected chi connectivity index (χ3v) is 4.10. The van der Waals surface area contributed by atoms with E-state index in [0.29, 0.717) is 0 Å². The van der Waals surface area contributed by atoms with E-state index in [9.17, 15) is 0 Å². The molecule has 0 saturated carbocycles. The maximum atomic E-state index is 4.47. The second kappa shape index (κ2) is 5.14. The van der Waals surface area contributed by atoms with E-state index in [4.69, 9.17) is 0 Å². The zero-order valence-corrected chi connectivity index (χ0v) is 12.4. The molecule has 2 rings (SSSR count). The number of rotatable bonds is 3. The molecule has 2 heterocycles. The first-order valence-corrected chi connectivity index (χ1v) is 7.04. The van der Waals surface area contributed by atoms with Crippen LogP contribution in [0, 0.1) is 13.8 Å². The van der Waals surface area contributed by atoms with Gasteiger partial charge in [-0.3, -0.25) is 0 Å². The third kappa shape index (κ3) is 3.04. The van der Waals surface area contributed by atoms with Gasteiger partial charge in [0.25, 0.3) is 0 Å². The number of halogens is 1. The Hall–Kier alpha value is -0.940. The maximum absolute atomic E-state index is 4.47. The van der Waals surface area contributed by atoms with Gasteiger partial charge < -0.3 is 5.32 Å². The highest BCUT2D eigenvalue weighted by Crippen LogP contribution is 2.22. The van der Waals surface area contributed by atoms with Gasteiger partial charge in [-0.05, 0) is 48.3 Å². The number of nitrogens with zero attached hydrogens (tertiary/aromatic N) is 2. The smallest absolute Gasteiger partial charge is 0.109 e. The molecule has 0 spiro atoms. The lowest BCUT2D eigenvalue weighted by Crippen LogP contribution is -2.07. The SMILES string of the molecule is Cc1nc(C(C)Nc2cnc(Br)c(C)c2)cs1. The summed E-state index contributed by atoms with van der Waals surface area (Å²) in [7, 11) is 0. The molecule has 0 amide bonds. The molecule has 2 aromatic heterocycles. The molecular weight excluding hydrogens is 298 g/mol. The summed E-state index contributed by atoms with van der Waals surface area (Å²) in [6.07, 6.45) is 1.83. The van der Waals surface area contributed by atoms with Crippen molar-refractivity contribution in [3.8, 4) is 0 Å². The highest BCUT2D eigenvalue weighted by atomic mass is 79.9. The van der Waals surface area contributed by atoms with Gasteiger partial charge in [-0.1, -0.05) is 0 Å². The Morgan fingerprint density at radius 3 is 2.76 bits per heavy atom. The van der Waals surface area contributed by atoms with Crippen molar-refractivity contribution in [1.82, 2.24) is 9.97 Å². The van der Waals surface area contributed by atoms with E-state index in [1.54, 1.807) is 11.3 Å². The van der Waals surface area contributed by atoms with Gasteiger partial charge in [0.05, 0.1) is 28.6 Å². The van der Waals surface area contributed by atoms with Crippen LogP contribution < -0.4 is 5.32 Å². The van der Waals surface area contributed by atoms with Crippen molar-refractivity contribution in [3.05, 3.63) is 38.5 Å². The topological polar surface area (TPSA) is 37.8 Å². The number of hydrogen-bond acceptors (Lipinski definition) is 4. The highest BCUT2D eigenvalue weighted by Gasteiger charge is 2.09. The number of pyridine rings is 1. The van der Waals surface area contributed by atoms with E-state index in [-0.39, 0.29) is 6.04 Å². The zero-order valence-electron chi connectivity index (χ0n) is 9.99. The fourth-order valence-corrected chi connectivity index (χ4v) is 2.46. The monoisotopic (exact) mass is 311 g/mol. The normalized spacial score (nSPS) is 12.5. The average molecular weight is 312 g/mol. The van der Waals surface area contributed by atoms with E-state index < -0.39 is 0 Å². The molecule has 1 unspecified atom stereocenters. The summed E-state index contributed by atoms with van der Waals surface area (Å²) in [4.78, 5) is 8.74. The second-order valence-corrected chi connectivity index (χ2v) is 5.80. The first kappa shape index (κ1) is 12.5. The van der Waals surface area contributed by atoms with Crippen LogP contribution in [0.3, 0.4) is 0 Å². The molecule has 1 N–H and O–H groups in total. The molecule has 3 nitrogen and oxygen atoms in total. The summed E-state index contributed by atoms with van der Waals surface area (Å²) in [5.41, 5.74) is 3.22. The molecule has 2 aromatic rings. The van der Waals surface area contributed by atoms with Gasteiger partial charge in [-0.25, -0.2) is 9.97 Å². The van der Waals surface area contributed by atoms with Crippen molar-refractivity contribution in [2.45, 2.75) is 26.8 Å². The predicted molar refractivity (Wildman–Crippen MR) is 75.6 cm³/mol. The summed E-state index contributed by atoms with van der Waals surface area (Å²) in [5.74, 6) is 0. The van der Waals surface area contributed by atoms with Crippen LogP contribution in [0.1, 0.15) is 29.2 Å². The van der Waals surface area contributed by atoms with Crippen molar-refractivity contribution in [3.63, 3.8) is 0 Å². The molecule has 90 valence electrons. The van der Waals surface area contributed by atoms with Gasteiger partial charge in [0.2, 0.25) is 0 Å². The van der Waals surface area contributed by atoms with Gasteiger partial charge >= 0.3 is 0 Å². The first-order valence-electron chi connectivity index (χ1n) is 5.37. The van der Waals surface area contributed by atoms with Crippen LogP contribution >= 0.6 is 27.3 Å². The van der Waals surface area contributed by atoms with Gasteiger partial charge in [0, 0.05) is 5.38 Å². The van der Waals surface area contributed by atoms with Gasteiger partial charge in [-0.15, -0.1) is 11.3 Å². The van der Waals surface area contributed by atoms with E-state index in [2.05, 4.69) is 49.6 Å². The number of aromatic nitrogens is 2. The predicted octanol–water partition coefficient (Wildman–Crippen LogP) is 4.09. The molecular formula is C12H14BrN3S. The quantitative estimate of drug-likeness (QED) is 0.868. The van der Waals surface area contributed by atoms with Crippen LogP contribution in [0.2, 0.25) is 0 Å². The van der Waals surface area contributed by atoms with Crippen molar-refractivity contribution < 1.29 is 0 Å². The van der Waals surface area contributed by atoms with Crippen LogP contribution in [0.4, 0.5) is 5.69 Å². The van der Waals surface area contributed by atoms with E-state index in [1.165, 1.54) is 0 Å². The minimum Gasteiger partial charge on any atom is -0.376 e. The minimum atomic E-state index is 0.197. The highest BCUT2D eigenvalue weighted by molar-refractivity contribution is 9.10. The number of aryl methyl sites for hydroxylation is 2. The van der Waals surface area contributed by atoms with Crippen molar-refractivity contribution in [1.29, 1.82) is 0 Å². The molecule has 0 aliphatic rings. The Bertz CT molecular complexity index is 524. The van der Waals surface area contributed by atoms with Crippen molar-refractivity contribution in [2.75, 3.05) is 5.32 Å². The molecule has 0 radical (unpaired) electrons. The summed E-state index contributed by atoms with van der Waals surface area (Å²) >= 11 is 5.07. The van der Waals surface area contributed by atoms with Crippen LogP contribution in [-0.2, 0) is 0 Å². The zero-order chi connectivity index (χ0) is 12.4. The van der Waals surface area contributed by atoms with Crippen LogP contribution in [-0.4, -0.2) is 9.97 Å². The fraction of sp³-hybridized carbons (Fsp3) is 0.333. The molecule has 1 atom stereocenters. The molecule has 0 aliphatic heterocycles. The summed E-state index contributed by atoms with van der Waals surface area (Å²) < 4.78 is 0.889. The van der Waals surface area contributed by atoms with Crippen LogP contribution in [0.15, 0.2) is 22.2 Å². The Morgan fingerprint density at radius 1 is 1.41 bits per heavy atom. The van der Waals surface area contributed by atoms with Crippen molar-refractivity contribution >= 4 is 33.0 Å². The second-order valence-electron chi connectivity index (χ2n) is 3.99. The number of nitrogens with one attached hydrogen (secondary N) is 1. The molecule has 0 fully saturated rings. The molecule has 0 aromatic carbocycles. The average Bonchev–Trinajstić information content (AvgIpc) is 2.70. The third-order valence-electron chi connectivity index (χ3n) is 2.48. The molecule has 0 aliphatic carbocycles. The van der Waals surface area contributed by atoms with Crippen LogP contribution in [0.25, 0.3) is 0 Å². The van der Waals surface area contributed by atoms with Gasteiger partial charge in [0.15, 0.2) is 0 Å². The van der Waals surface area contributed by atoms with Gasteiger partial charge in [-0.2, -0.15) is 0 Å². The lowest BCUT2D eigenvalue weighted by Gasteiger charge is -2.13. The summed E-state index contributed by atoms with van der Waals surface area (Å²) in [6, 6.07) is 2.27. The largest absolute Gasteiger partial charge is 0.376 e. The fourth-order valence-electron chi connectivity index (χ4n) is 1.54. The van der Waals surface area contributed by atoms with Crippen LogP contribution in [0.5, 0.6) is 0 Å². The van der Waals surface area contributed by atoms with E-state index >= 15 is 0 Å². The van der Waals surface area contributed by atoms with Gasteiger partial charge in [0.1, 0.15) is 4.60 Å². The first-order chi connectivity index (χ1) is 8.06. The lowest BCUT2D eigenvalue weighted by atomic mass is 10.2. The Labute approximate surface area is 113 Å². The Balaban J connectivity index is 2.12. The minimum absolute atomic E-state index is 0.197. The number of thiazole rings is 1. The lowest BCUT2D eigenvalue weighted by molar-refractivity contribution is 0.843. The molecule has 0 saturated heterocycles. The van der Waals surface area contributed by atoms with Crippen molar-refractivity contribution in [2.24, 2.45) is 0 Å². The van der Waals surface area contributed by atoms with E-state index in [1.807, 2.05) is 20.0 Å². The number of hydrogen-bond donors (Lipinski definition) is 1. The maximum Gasteiger partial charge on any atom is 0.109 e. The summed E-state index contributed by atoms with van der Waals surface area (Å²) in [5, 5.41) is 6.59. The summed E-state index contributed by atoms with van der Waals surface area (Å²) in [6.45, 7) is 6.15. The van der Waals surface area contributed by atoms with E-state index in [0.717, 1.165) is 26.6 Å². The Kier molecular flexibility index (Phi) is 3.79. The Morgan fingerprint density at radius 2 is 2.18 bits per heavy atom. The molecule has 0 bridgehead atoms. The molecule has 17 heavy (non-hydrogen) atoms. The standard InChI is InChI=1S/C12H14BrN3S/c1-7-4-10(5-14-12(7)13)15-8(2)11-6-17-9(3)16-11/h4-6,8,15H,1-3H3. The number of anilines is 1.